The van der Waals surface area contributed by atoms with Crippen LogP contribution in [0, 0.1) is 20.8 Å². The van der Waals surface area contributed by atoms with Gasteiger partial charge in [-0.3, -0.25) is 4.79 Å². The van der Waals surface area contributed by atoms with Gasteiger partial charge >= 0.3 is 0 Å². The van der Waals surface area contributed by atoms with Crippen LogP contribution in [0.15, 0.2) is 11.0 Å². The molecule has 0 fully saturated rings. The van der Waals surface area contributed by atoms with Crippen LogP contribution >= 0.6 is 0 Å². The molecule has 1 rings (SSSR count). The summed E-state index contributed by atoms with van der Waals surface area (Å²) in [5.74, 6) is -0.218. The normalized spacial score (nSPS) is 11.4. The molecule has 1 aromatic rings. The number of aryl methyl sites for hydroxylation is 2. The van der Waals surface area contributed by atoms with Crippen LogP contribution < -0.4 is 15.8 Å². The second-order valence-electron chi connectivity index (χ2n) is 4.70. The lowest BCUT2D eigenvalue weighted by molar-refractivity contribution is -0.120. The van der Waals surface area contributed by atoms with Crippen molar-refractivity contribution in [2.24, 2.45) is 0 Å². The number of hydrogen-bond acceptors (Lipinski definition) is 4. The minimum Gasteiger partial charge on any atom is -0.398 e. The van der Waals surface area contributed by atoms with Crippen LogP contribution in [0.3, 0.4) is 0 Å². The van der Waals surface area contributed by atoms with E-state index in [0.717, 1.165) is 5.56 Å². The lowest BCUT2D eigenvalue weighted by Crippen LogP contribution is -2.30. The monoisotopic (exact) mass is 299 g/mol. The van der Waals surface area contributed by atoms with Crippen molar-refractivity contribution in [1.82, 2.24) is 10.0 Å². The Morgan fingerprint density at radius 3 is 2.40 bits per heavy atom. The minimum atomic E-state index is -3.67. The Hall–Kier alpha value is -1.60. The number of amides is 1. The smallest absolute Gasteiger partial charge is 0.241 e. The molecule has 0 unspecified atom stereocenters. The second kappa shape index (κ2) is 6.23. The number of nitrogens with two attached hydrogens (primary N) is 1. The predicted molar refractivity (Wildman–Crippen MR) is 78.9 cm³/mol. The molecule has 0 aliphatic heterocycles. The molecule has 0 bridgehead atoms. The highest BCUT2D eigenvalue weighted by molar-refractivity contribution is 7.89. The molecule has 1 amide bonds. The maximum atomic E-state index is 12.3. The first kappa shape index (κ1) is 16.5. The van der Waals surface area contributed by atoms with Gasteiger partial charge in [0.05, 0.1) is 4.90 Å². The molecule has 7 heteroatoms. The molecule has 20 heavy (non-hydrogen) atoms. The van der Waals surface area contributed by atoms with Crippen molar-refractivity contribution in [3.8, 4) is 0 Å². The van der Waals surface area contributed by atoms with Crippen molar-refractivity contribution < 1.29 is 13.2 Å². The average Bonchev–Trinajstić information content (AvgIpc) is 2.35. The maximum absolute atomic E-state index is 12.3. The molecule has 112 valence electrons. The topological polar surface area (TPSA) is 101 Å². The van der Waals surface area contributed by atoms with Gasteiger partial charge in [-0.05, 0) is 37.5 Å². The van der Waals surface area contributed by atoms with Gasteiger partial charge < -0.3 is 11.1 Å². The van der Waals surface area contributed by atoms with E-state index < -0.39 is 10.0 Å². The maximum Gasteiger partial charge on any atom is 0.241 e. The third-order valence-corrected chi connectivity index (χ3v) is 4.90. The largest absolute Gasteiger partial charge is 0.398 e. The first-order valence-corrected chi connectivity index (χ1v) is 7.75. The van der Waals surface area contributed by atoms with E-state index in [1.807, 2.05) is 6.92 Å². The van der Waals surface area contributed by atoms with E-state index in [9.17, 15) is 13.2 Å². The molecule has 0 aromatic heterocycles. The van der Waals surface area contributed by atoms with Crippen molar-refractivity contribution in [1.29, 1.82) is 0 Å². The lowest BCUT2D eigenvalue weighted by atomic mass is 10.1. The molecule has 1 aromatic carbocycles. The average molecular weight is 299 g/mol. The summed E-state index contributed by atoms with van der Waals surface area (Å²) >= 11 is 0. The molecule has 6 nitrogen and oxygen atoms in total. The summed E-state index contributed by atoms with van der Waals surface area (Å²) in [5, 5.41) is 2.44. The fraction of sp³-hybridized carbons (Fsp3) is 0.462. The van der Waals surface area contributed by atoms with E-state index in [2.05, 4.69) is 10.0 Å². The Labute approximate surface area is 119 Å². The molecule has 4 N–H and O–H groups in total. The molecule has 0 heterocycles. The number of rotatable bonds is 5. The zero-order chi connectivity index (χ0) is 15.5. The summed E-state index contributed by atoms with van der Waals surface area (Å²) in [6.07, 6.45) is 0.0924. The highest BCUT2D eigenvalue weighted by atomic mass is 32.2. The van der Waals surface area contributed by atoms with Gasteiger partial charge in [-0.15, -0.1) is 0 Å². The number of benzene rings is 1. The molecule has 0 saturated carbocycles. The summed E-state index contributed by atoms with van der Waals surface area (Å²) < 4.78 is 27.0. The number of carbonyl (C=O) groups is 1. The van der Waals surface area contributed by atoms with Gasteiger partial charge in [-0.25, -0.2) is 13.1 Å². The van der Waals surface area contributed by atoms with E-state index >= 15 is 0 Å². The number of sulfonamides is 1. The van der Waals surface area contributed by atoms with Crippen LogP contribution in [-0.4, -0.2) is 27.9 Å². The van der Waals surface area contributed by atoms with Gasteiger partial charge in [0.2, 0.25) is 15.9 Å². The van der Waals surface area contributed by atoms with Crippen LogP contribution in [0.5, 0.6) is 0 Å². The standard InChI is InChI=1S/C13H21N3O3S/c1-8-7-9(2)13(10(3)12(8)14)20(18,19)16-6-5-11(17)15-4/h7,16H,5-6,14H2,1-4H3,(H,15,17). The Morgan fingerprint density at radius 2 is 1.85 bits per heavy atom. The second-order valence-corrected chi connectivity index (χ2v) is 6.40. The van der Waals surface area contributed by atoms with E-state index in [-0.39, 0.29) is 23.8 Å². The summed E-state index contributed by atoms with van der Waals surface area (Å²) in [6.45, 7) is 5.30. The van der Waals surface area contributed by atoms with E-state index in [4.69, 9.17) is 5.73 Å². The zero-order valence-electron chi connectivity index (χ0n) is 12.2. The van der Waals surface area contributed by atoms with Crippen molar-refractivity contribution in [3.63, 3.8) is 0 Å². The van der Waals surface area contributed by atoms with Crippen molar-refractivity contribution in [2.45, 2.75) is 32.1 Å². The van der Waals surface area contributed by atoms with Gasteiger partial charge in [0.1, 0.15) is 0 Å². The van der Waals surface area contributed by atoms with Crippen molar-refractivity contribution >= 4 is 21.6 Å². The number of carbonyl (C=O) groups excluding carboxylic acids is 1. The number of hydrogen-bond donors (Lipinski definition) is 3. The molecule has 0 saturated heterocycles. The molecule has 0 radical (unpaired) electrons. The molecular weight excluding hydrogens is 278 g/mol. The lowest BCUT2D eigenvalue weighted by Gasteiger charge is -2.15. The third kappa shape index (κ3) is 3.49. The summed E-state index contributed by atoms with van der Waals surface area (Å²) in [5.41, 5.74) is 8.39. The fourth-order valence-corrected chi connectivity index (χ4v) is 3.60. The van der Waals surface area contributed by atoms with Gasteiger partial charge in [-0.2, -0.15) is 0 Å². The van der Waals surface area contributed by atoms with Crippen LogP contribution in [0.1, 0.15) is 23.1 Å². The molecule has 0 atom stereocenters. The third-order valence-electron chi connectivity index (χ3n) is 3.15. The first-order chi connectivity index (χ1) is 9.20. The minimum absolute atomic E-state index is 0.0503. The Morgan fingerprint density at radius 1 is 1.25 bits per heavy atom. The van der Waals surface area contributed by atoms with Gasteiger partial charge in [0.25, 0.3) is 0 Å². The van der Waals surface area contributed by atoms with Crippen LogP contribution in [0.25, 0.3) is 0 Å². The van der Waals surface area contributed by atoms with E-state index in [1.54, 1.807) is 19.9 Å². The van der Waals surface area contributed by atoms with Crippen LogP contribution in [0.4, 0.5) is 5.69 Å². The SMILES string of the molecule is CNC(=O)CCNS(=O)(=O)c1c(C)cc(C)c(N)c1C. The number of anilines is 1. The quantitative estimate of drug-likeness (QED) is 0.693. The number of nitrogens with one attached hydrogen (secondary N) is 2. The molecular formula is C13H21N3O3S. The van der Waals surface area contributed by atoms with Crippen molar-refractivity contribution in [2.75, 3.05) is 19.3 Å². The first-order valence-electron chi connectivity index (χ1n) is 6.27. The Kier molecular flexibility index (Phi) is 5.13. The summed E-state index contributed by atoms with van der Waals surface area (Å²) in [4.78, 5) is 11.3. The zero-order valence-corrected chi connectivity index (χ0v) is 13.0. The highest BCUT2D eigenvalue weighted by Crippen LogP contribution is 2.27. The van der Waals surface area contributed by atoms with Crippen molar-refractivity contribution in [3.05, 3.63) is 22.8 Å². The van der Waals surface area contributed by atoms with E-state index in [0.29, 0.717) is 16.8 Å². The Bertz CT molecular complexity index is 624. The van der Waals surface area contributed by atoms with E-state index in [1.165, 1.54) is 7.05 Å². The predicted octanol–water partition coefficient (Wildman–Crippen LogP) is 0.608. The molecule has 0 spiro atoms. The van der Waals surface area contributed by atoms with Gasteiger partial charge in [-0.1, -0.05) is 6.07 Å². The fourth-order valence-electron chi connectivity index (χ4n) is 2.09. The van der Waals surface area contributed by atoms with Crippen LogP contribution in [0.2, 0.25) is 0 Å². The van der Waals surface area contributed by atoms with Gasteiger partial charge in [0, 0.05) is 25.7 Å². The Balaban J connectivity index is 3.05. The van der Waals surface area contributed by atoms with Gasteiger partial charge in [0.15, 0.2) is 0 Å². The summed E-state index contributed by atoms with van der Waals surface area (Å²) in [7, 11) is -2.17. The molecule has 0 aliphatic rings. The number of nitrogen functional groups attached to an aromatic ring is 1. The van der Waals surface area contributed by atoms with Crippen LogP contribution in [-0.2, 0) is 14.8 Å². The molecule has 0 aliphatic carbocycles. The summed E-state index contributed by atoms with van der Waals surface area (Å²) in [6, 6.07) is 1.75. The highest BCUT2D eigenvalue weighted by Gasteiger charge is 2.21.